The van der Waals surface area contributed by atoms with E-state index in [0.29, 0.717) is 32.7 Å². The molecule has 120 valence electrons. The van der Waals surface area contributed by atoms with Crippen molar-refractivity contribution in [2.75, 3.05) is 32.8 Å². The summed E-state index contributed by atoms with van der Waals surface area (Å²) in [6.07, 6.45) is 4.78. The SMILES string of the molecule is CCCNC(=O)C1COCCN1C(=O)CC1CCCCN1. The second kappa shape index (κ2) is 8.34. The van der Waals surface area contributed by atoms with Crippen molar-refractivity contribution in [1.29, 1.82) is 0 Å². The molecule has 6 nitrogen and oxygen atoms in total. The molecule has 2 rings (SSSR count). The van der Waals surface area contributed by atoms with Crippen LogP contribution in [0, 0.1) is 0 Å². The minimum absolute atomic E-state index is 0.0642. The quantitative estimate of drug-likeness (QED) is 0.764. The molecule has 2 unspecified atom stereocenters. The maximum Gasteiger partial charge on any atom is 0.245 e. The van der Waals surface area contributed by atoms with Gasteiger partial charge in [-0.25, -0.2) is 0 Å². The minimum Gasteiger partial charge on any atom is -0.377 e. The highest BCUT2D eigenvalue weighted by Gasteiger charge is 2.33. The van der Waals surface area contributed by atoms with Gasteiger partial charge >= 0.3 is 0 Å². The predicted octanol–water partition coefficient (Wildman–Crippen LogP) is 0.272. The van der Waals surface area contributed by atoms with Crippen LogP contribution in [-0.4, -0.2) is 61.6 Å². The molecular weight excluding hydrogens is 270 g/mol. The lowest BCUT2D eigenvalue weighted by Gasteiger charge is -2.36. The van der Waals surface area contributed by atoms with Gasteiger partial charge in [0.1, 0.15) is 6.04 Å². The van der Waals surface area contributed by atoms with Crippen LogP contribution in [-0.2, 0) is 14.3 Å². The summed E-state index contributed by atoms with van der Waals surface area (Å²) < 4.78 is 5.38. The molecule has 0 bridgehead atoms. The van der Waals surface area contributed by atoms with Gasteiger partial charge in [-0.15, -0.1) is 0 Å². The molecule has 0 aromatic carbocycles. The van der Waals surface area contributed by atoms with E-state index in [-0.39, 0.29) is 17.9 Å². The molecule has 6 heteroatoms. The third-order valence-electron chi connectivity index (χ3n) is 4.13. The zero-order valence-corrected chi connectivity index (χ0v) is 12.9. The lowest BCUT2D eigenvalue weighted by atomic mass is 10.0. The highest BCUT2D eigenvalue weighted by Crippen LogP contribution is 2.15. The van der Waals surface area contributed by atoms with Gasteiger partial charge in [0, 0.05) is 25.6 Å². The number of ether oxygens (including phenoxy) is 1. The molecule has 0 aromatic heterocycles. The topological polar surface area (TPSA) is 70.7 Å². The molecule has 2 saturated heterocycles. The van der Waals surface area contributed by atoms with Crippen molar-refractivity contribution in [2.45, 2.75) is 51.1 Å². The van der Waals surface area contributed by atoms with Crippen molar-refractivity contribution in [3.63, 3.8) is 0 Å². The van der Waals surface area contributed by atoms with Gasteiger partial charge in [-0.1, -0.05) is 13.3 Å². The molecule has 0 radical (unpaired) electrons. The van der Waals surface area contributed by atoms with Gasteiger partial charge in [0.15, 0.2) is 0 Å². The van der Waals surface area contributed by atoms with Gasteiger partial charge in [-0.3, -0.25) is 9.59 Å². The Morgan fingerprint density at radius 1 is 1.38 bits per heavy atom. The van der Waals surface area contributed by atoms with Crippen LogP contribution in [0.4, 0.5) is 0 Å². The van der Waals surface area contributed by atoms with Gasteiger partial charge in [0.25, 0.3) is 0 Å². The number of rotatable bonds is 5. The van der Waals surface area contributed by atoms with E-state index in [1.54, 1.807) is 4.90 Å². The maximum atomic E-state index is 12.5. The van der Waals surface area contributed by atoms with E-state index in [1.807, 2.05) is 6.92 Å². The molecule has 2 N–H and O–H groups in total. The van der Waals surface area contributed by atoms with Gasteiger partial charge < -0.3 is 20.3 Å². The molecule has 2 fully saturated rings. The Balaban J connectivity index is 1.90. The summed E-state index contributed by atoms with van der Waals surface area (Å²) in [5, 5.41) is 6.25. The lowest BCUT2D eigenvalue weighted by Crippen LogP contribution is -2.56. The number of hydrogen-bond donors (Lipinski definition) is 2. The Bertz CT molecular complexity index is 356. The zero-order valence-electron chi connectivity index (χ0n) is 12.9. The number of carbonyl (C=O) groups excluding carboxylic acids is 2. The molecular formula is C15H27N3O3. The molecule has 2 amide bonds. The fraction of sp³-hybridized carbons (Fsp3) is 0.867. The van der Waals surface area contributed by atoms with Crippen LogP contribution < -0.4 is 10.6 Å². The third-order valence-corrected chi connectivity index (χ3v) is 4.13. The van der Waals surface area contributed by atoms with E-state index >= 15 is 0 Å². The lowest BCUT2D eigenvalue weighted by molar-refractivity contribution is -0.149. The standard InChI is InChI=1S/C15H27N3O3/c1-2-6-17-15(20)13-11-21-9-8-18(13)14(19)10-12-5-3-4-7-16-12/h12-13,16H,2-11H2,1H3,(H,17,20). The summed E-state index contributed by atoms with van der Waals surface area (Å²) in [5.41, 5.74) is 0. The van der Waals surface area contributed by atoms with E-state index in [4.69, 9.17) is 4.74 Å². The number of carbonyl (C=O) groups is 2. The summed E-state index contributed by atoms with van der Waals surface area (Å²) in [5.74, 6) is -0.0316. The van der Waals surface area contributed by atoms with Gasteiger partial charge in [-0.05, 0) is 25.8 Å². The van der Waals surface area contributed by atoms with E-state index in [9.17, 15) is 9.59 Å². The van der Waals surface area contributed by atoms with Crippen LogP contribution in [0.15, 0.2) is 0 Å². The number of hydrogen-bond acceptors (Lipinski definition) is 4. The number of nitrogens with one attached hydrogen (secondary N) is 2. The first-order valence-corrected chi connectivity index (χ1v) is 8.10. The van der Waals surface area contributed by atoms with Crippen LogP contribution in [0.5, 0.6) is 0 Å². The molecule has 0 aromatic rings. The Labute approximate surface area is 126 Å². The van der Waals surface area contributed by atoms with E-state index in [1.165, 1.54) is 12.8 Å². The fourth-order valence-corrected chi connectivity index (χ4v) is 2.91. The Kier molecular flexibility index (Phi) is 6.45. The second-order valence-electron chi connectivity index (χ2n) is 5.82. The molecule has 0 spiro atoms. The van der Waals surface area contributed by atoms with Crippen molar-refractivity contribution in [3.8, 4) is 0 Å². The monoisotopic (exact) mass is 297 g/mol. The molecule has 2 heterocycles. The van der Waals surface area contributed by atoms with Gasteiger partial charge in [0.05, 0.1) is 13.2 Å². The number of nitrogens with zero attached hydrogens (tertiary/aromatic N) is 1. The highest BCUT2D eigenvalue weighted by atomic mass is 16.5. The average Bonchev–Trinajstić information content (AvgIpc) is 2.53. The summed E-state index contributed by atoms with van der Waals surface area (Å²) in [4.78, 5) is 26.4. The van der Waals surface area contributed by atoms with Crippen LogP contribution in [0.1, 0.15) is 39.0 Å². The van der Waals surface area contributed by atoms with Gasteiger partial charge in [-0.2, -0.15) is 0 Å². The van der Waals surface area contributed by atoms with Crippen LogP contribution in [0.25, 0.3) is 0 Å². The normalized spacial score (nSPS) is 26.4. The first-order valence-electron chi connectivity index (χ1n) is 8.10. The predicted molar refractivity (Wildman–Crippen MR) is 79.9 cm³/mol. The Morgan fingerprint density at radius 3 is 2.95 bits per heavy atom. The van der Waals surface area contributed by atoms with Crippen molar-refractivity contribution in [1.82, 2.24) is 15.5 Å². The van der Waals surface area contributed by atoms with E-state index in [2.05, 4.69) is 10.6 Å². The van der Waals surface area contributed by atoms with Crippen molar-refractivity contribution in [3.05, 3.63) is 0 Å². The fourth-order valence-electron chi connectivity index (χ4n) is 2.91. The van der Waals surface area contributed by atoms with Crippen molar-refractivity contribution >= 4 is 11.8 Å². The molecule has 2 atom stereocenters. The molecule has 2 aliphatic rings. The summed E-state index contributed by atoms with van der Waals surface area (Å²) in [6.45, 7) is 4.97. The largest absolute Gasteiger partial charge is 0.377 e. The smallest absolute Gasteiger partial charge is 0.245 e. The first-order chi connectivity index (χ1) is 10.2. The van der Waals surface area contributed by atoms with Crippen molar-refractivity contribution in [2.24, 2.45) is 0 Å². The first kappa shape index (κ1) is 16.2. The third kappa shape index (κ3) is 4.68. The molecule has 0 aliphatic carbocycles. The maximum absolute atomic E-state index is 12.5. The zero-order chi connectivity index (χ0) is 15.1. The van der Waals surface area contributed by atoms with E-state index in [0.717, 1.165) is 19.4 Å². The van der Waals surface area contributed by atoms with E-state index < -0.39 is 6.04 Å². The molecule has 21 heavy (non-hydrogen) atoms. The average molecular weight is 297 g/mol. The molecule has 0 saturated carbocycles. The Hall–Kier alpha value is -1.14. The highest BCUT2D eigenvalue weighted by molar-refractivity contribution is 5.88. The molecule has 2 aliphatic heterocycles. The van der Waals surface area contributed by atoms with Gasteiger partial charge in [0.2, 0.25) is 11.8 Å². The number of morpholine rings is 1. The number of piperidine rings is 1. The Morgan fingerprint density at radius 2 is 2.24 bits per heavy atom. The summed E-state index contributed by atoms with van der Waals surface area (Å²) in [7, 11) is 0. The summed E-state index contributed by atoms with van der Waals surface area (Å²) in [6, 6.07) is -0.213. The van der Waals surface area contributed by atoms with Crippen molar-refractivity contribution < 1.29 is 14.3 Å². The minimum atomic E-state index is -0.471. The van der Waals surface area contributed by atoms with Crippen LogP contribution >= 0.6 is 0 Å². The number of amides is 2. The second-order valence-corrected chi connectivity index (χ2v) is 5.82. The summed E-state index contributed by atoms with van der Waals surface area (Å²) >= 11 is 0. The van der Waals surface area contributed by atoms with Crippen LogP contribution in [0.2, 0.25) is 0 Å². The van der Waals surface area contributed by atoms with Crippen LogP contribution in [0.3, 0.4) is 0 Å².